The molecule has 1 N–H and O–H groups in total. The first-order valence-electron chi connectivity index (χ1n) is 6.43. The topological polar surface area (TPSA) is 77.9 Å². The highest BCUT2D eigenvalue weighted by Crippen LogP contribution is 2.25. The van der Waals surface area contributed by atoms with Crippen molar-refractivity contribution in [2.45, 2.75) is 6.92 Å². The standard InChI is InChI=1S/C14H16N2O4S/c1-9-7-11(21-10(9)3-4-13(18)19)14(20)16-6-5-15(2)12(17)8-16/h3-4,7H,5-6,8H2,1-2H3,(H,18,19)/b4-3+. The predicted octanol–water partition coefficient (Wildman–Crippen LogP) is 1.07. The van der Waals surface area contributed by atoms with E-state index in [-0.39, 0.29) is 18.4 Å². The van der Waals surface area contributed by atoms with Crippen molar-refractivity contribution in [3.8, 4) is 0 Å². The Labute approximate surface area is 126 Å². The molecule has 2 amide bonds. The molecule has 1 aromatic rings. The number of carboxylic acids is 1. The summed E-state index contributed by atoms with van der Waals surface area (Å²) < 4.78 is 0. The number of piperazine rings is 1. The number of likely N-dealkylation sites (N-methyl/N-ethyl adjacent to an activating group) is 1. The molecule has 112 valence electrons. The van der Waals surface area contributed by atoms with Crippen LogP contribution in [0.5, 0.6) is 0 Å². The van der Waals surface area contributed by atoms with Gasteiger partial charge in [0.15, 0.2) is 0 Å². The van der Waals surface area contributed by atoms with Gasteiger partial charge >= 0.3 is 5.97 Å². The van der Waals surface area contributed by atoms with Gasteiger partial charge < -0.3 is 14.9 Å². The predicted molar refractivity (Wildman–Crippen MR) is 79.3 cm³/mol. The van der Waals surface area contributed by atoms with Gasteiger partial charge in [0.1, 0.15) is 6.54 Å². The first-order valence-corrected chi connectivity index (χ1v) is 7.25. The third-order valence-electron chi connectivity index (χ3n) is 3.29. The molecule has 0 spiro atoms. The maximum Gasteiger partial charge on any atom is 0.328 e. The van der Waals surface area contributed by atoms with Crippen LogP contribution in [0, 0.1) is 6.92 Å². The number of amides is 2. The van der Waals surface area contributed by atoms with E-state index >= 15 is 0 Å². The van der Waals surface area contributed by atoms with Crippen LogP contribution >= 0.6 is 11.3 Å². The summed E-state index contributed by atoms with van der Waals surface area (Å²) in [5.74, 6) is -1.28. The molecule has 2 rings (SSSR count). The highest BCUT2D eigenvalue weighted by Gasteiger charge is 2.26. The van der Waals surface area contributed by atoms with Crippen LogP contribution < -0.4 is 0 Å². The smallest absolute Gasteiger partial charge is 0.328 e. The lowest BCUT2D eigenvalue weighted by molar-refractivity contribution is -0.133. The van der Waals surface area contributed by atoms with E-state index in [0.717, 1.165) is 16.5 Å². The average Bonchev–Trinajstić information content (AvgIpc) is 2.80. The van der Waals surface area contributed by atoms with Gasteiger partial charge in [0.25, 0.3) is 5.91 Å². The Bertz CT molecular complexity index is 620. The minimum Gasteiger partial charge on any atom is -0.478 e. The molecule has 0 radical (unpaired) electrons. The van der Waals surface area contributed by atoms with Crippen molar-refractivity contribution in [1.82, 2.24) is 9.80 Å². The molecular weight excluding hydrogens is 292 g/mol. The zero-order valence-electron chi connectivity index (χ0n) is 11.8. The fraction of sp³-hybridized carbons (Fsp3) is 0.357. The molecule has 0 aliphatic carbocycles. The van der Waals surface area contributed by atoms with Gasteiger partial charge in [-0.15, -0.1) is 11.3 Å². The van der Waals surface area contributed by atoms with E-state index in [9.17, 15) is 14.4 Å². The van der Waals surface area contributed by atoms with E-state index < -0.39 is 5.97 Å². The van der Waals surface area contributed by atoms with E-state index in [1.165, 1.54) is 22.3 Å². The molecule has 21 heavy (non-hydrogen) atoms. The second-order valence-corrected chi connectivity index (χ2v) is 5.96. The summed E-state index contributed by atoms with van der Waals surface area (Å²) in [5, 5.41) is 8.64. The van der Waals surface area contributed by atoms with Crippen molar-refractivity contribution >= 4 is 35.2 Å². The van der Waals surface area contributed by atoms with Crippen molar-refractivity contribution in [3.63, 3.8) is 0 Å². The number of aliphatic carboxylic acids is 1. The summed E-state index contributed by atoms with van der Waals surface area (Å²) in [4.78, 5) is 39.0. The zero-order chi connectivity index (χ0) is 15.6. The second-order valence-electron chi connectivity index (χ2n) is 4.87. The number of aryl methyl sites for hydroxylation is 1. The number of hydrogen-bond acceptors (Lipinski definition) is 4. The molecule has 0 atom stereocenters. The highest BCUT2D eigenvalue weighted by atomic mass is 32.1. The van der Waals surface area contributed by atoms with Gasteiger partial charge in [-0.25, -0.2) is 4.79 Å². The summed E-state index contributed by atoms with van der Waals surface area (Å²) in [6, 6.07) is 1.73. The number of thiophene rings is 1. The summed E-state index contributed by atoms with van der Waals surface area (Å²) in [5.41, 5.74) is 0.848. The van der Waals surface area contributed by atoms with Gasteiger partial charge in [-0.2, -0.15) is 0 Å². The van der Waals surface area contributed by atoms with Gasteiger partial charge in [0.05, 0.1) is 4.88 Å². The number of carbonyl (C=O) groups excluding carboxylic acids is 2. The van der Waals surface area contributed by atoms with Crippen molar-refractivity contribution in [3.05, 3.63) is 27.5 Å². The molecule has 0 aromatic carbocycles. The highest BCUT2D eigenvalue weighted by molar-refractivity contribution is 7.15. The summed E-state index contributed by atoms with van der Waals surface area (Å²) in [7, 11) is 1.72. The van der Waals surface area contributed by atoms with Crippen LogP contribution in [0.1, 0.15) is 20.1 Å². The summed E-state index contributed by atoms with van der Waals surface area (Å²) in [6.45, 7) is 2.95. The second kappa shape index (κ2) is 6.09. The van der Waals surface area contributed by atoms with Crippen LogP contribution in [0.15, 0.2) is 12.1 Å². The van der Waals surface area contributed by atoms with E-state index in [1.54, 1.807) is 18.0 Å². The molecule has 6 nitrogen and oxygen atoms in total. The average molecular weight is 308 g/mol. The molecule has 7 heteroatoms. The van der Waals surface area contributed by atoms with E-state index in [0.29, 0.717) is 18.0 Å². The fourth-order valence-electron chi connectivity index (χ4n) is 2.00. The normalized spacial score (nSPS) is 15.8. The molecule has 0 unspecified atom stereocenters. The van der Waals surface area contributed by atoms with Crippen LogP contribution in [0.2, 0.25) is 0 Å². The van der Waals surface area contributed by atoms with E-state index in [1.807, 2.05) is 6.92 Å². The maximum absolute atomic E-state index is 12.4. The molecule has 1 aliphatic rings. The molecule has 1 saturated heterocycles. The van der Waals surface area contributed by atoms with Gasteiger partial charge in [-0.05, 0) is 24.6 Å². The Morgan fingerprint density at radius 1 is 1.38 bits per heavy atom. The lowest BCUT2D eigenvalue weighted by Gasteiger charge is -2.31. The molecule has 0 bridgehead atoms. The SMILES string of the molecule is Cc1cc(C(=O)N2CCN(C)C(=O)C2)sc1/C=C/C(=O)O. The Hall–Kier alpha value is -2.15. The first-order chi connectivity index (χ1) is 9.88. The Morgan fingerprint density at radius 3 is 2.71 bits per heavy atom. The first kappa shape index (κ1) is 15.2. The number of carbonyl (C=O) groups is 3. The van der Waals surface area contributed by atoms with Crippen molar-refractivity contribution < 1.29 is 19.5 Å². The lowest BCUT2D eigenvalue weighted by atomic mass is 10.2. The van der Waals surface area contributed by atoms with E-state index in [2.05, 4.69) is 0 Å². The summed E-state index contributed by atoms with van der Waals surface area (Å²) >= 11 is 1.24. The lowest BCUT2D eigenvalue weighted by Crippen LogP contribution is -2.50. The molecule has 0 saturated carbocycles. The minimum absolute atomic E-state index is 0.0751. The van der Waals surface area contributed by atoms with Crippen molar-refractivity contribution in [2.75, 3.05) is 26.7 Å². The molecule has 1 aromatic heterocycles. The minimum atomic E-state index is -1.03. The fourth-order valence-corrected chi connectivity index (χ4v) is 3.05. The van der Waals surface area contributed by atoms with E-state index in [4.69, 9.17) is 5.11 Å². The molecule has 1 fully saturated rings. The van der Waals surface area contributed by atoms with Crippen LogP contribution in [0.4, 0.5) is 0 Å². The Balaban J connectivity index is 2.15. The zero-order valence-corrected chi connectivity index (χ0v) is 12.6. The third-order valence-corrected chi connectivity index (χ3v) is 4.48. The number of carboxylic acid groups (broad SMARTS) is 1. The monoisotopic (exact) mass is 308 g/mol. The van der Waals surface area contributed by atoms with Crippen LogP contribution in [-0.2, 0) is 9.59 Å². The number of rotatable bonds is 3. The van der Waals surface area contributed by atoms with Crippen molar-refractivity contribution in [2.24, 2.45) is 0 Å². The molecule has 2 heterocycles. The number of hydrogen-bond donors (Lipinski definition) is 1. The third kappa shape index (κ3) is 3.49. The molecule has 1 aliphatic heterocycles. The molecular formula is C14H16N2O4S. The van der Waals surface area contributed by atoms with Gasteiger partial charge in [0, 0.05) is 31.1 Å². The number of nitrogens with zero attached hydrogens (tertiary/aromatic N) is 2. The van der Waals surface area contributed by atoms with Crippen LogP contribution in [-0.4, -0.2) is 59.4 Å². The van der Waals surface area contributed by atoms with Gasteiger partial charge in [-0.3, -0.25) is 9.59 Å². The maximum atomic E-state index is 12.4. The van der Waals surface area contributed by atoms with Gasteiger partial charge in [-0.1, -0.05) is 0 Å². The van der Waals surface area contributed by atoms with Crippen LogP contribution in [0.25, 0.3) is 6.08 Å². The quantitative estimate of drug-likeness (QED) is 0.847. The summed E-state index contributed by atoms with van der Waals surface area (Å²) in [6.07, 6.45) is 2.53. The van der Waals surface area contributed by atoms with Crippen molar-refractivity contribution in [1.29, 1.82) is 0 Å². The van der Waals surface area contributed by atoms with Crippen LogP contribution in [0.3, 0.4) is 0 Å². The largest absolute Gasteiger partial charge is 0.478 e. The Kier molecular flexibility index (Phi) is 4.42. The van der Waals surface area contributed by atoms with Gasteiger partial charge in [0.2, 0.25) is 5.91 Å². The Morgan fingerprint density at radius 2 is 2.10 bits per heavy atom.